The van der Waals surface area contributed by atoms with Crippen molar-refractivity contribution >= 4 is 17.4 Å². The van der Waals surface area contributed by atoms with E-state index in [-0.39, 0.29) is 5.91 Å². The molecule has 1 aromatic carbocycles. The van der Waals surface area contributed by atoms with Crippen LogP contribution in [-0.2, 0) is 4.79 Å². The van der Waals surface area contributed by atoms with Crippen LogP contribution in [0.3, 0.4) is 0 Å². The Morgan fingerprint density at radius 2 is 1.55 bits per heavy atom. The summed E-state index contributed by atoms with van der Waals surface area (Å²) < 4.78 is 0. The van der Waals surface area contributed by atoms with E-state index in [0.717, 1.165) is 35.7 Å². The topological polar surface area (TPSA) is 35.9 Å². The van der Waals surface area contributed by atoms with Gasteiger partial charge in [-0.2, -0.15) is 0 Å². The van der Waals surface area contributed by atoms with E-state index in [1.807, 2.05) is 14.1 Å². The van der Waals surface area contributed by atoms with Gasteiger partial charge in [0, 0.05) is 27.2 Å². The highest BCUT2D eigenvalue weighted by atomic mass is 16.2. The first-order valence-electron chi connectivity index (χ1n) is 6.99. The van der Waals surface area contributed by atoms with Crippen LogP contribution >= 0.6 is 0 Å². The molecule has 1 fully saturated rings. The van der Waals surface area contributed by atoms with Gasteiger partial charge in [0.25, 0.3) is 0 Å². The Morgan fingerprint density at radius 1 is 1.00 bits per heavy atom. The number of hydrogen-bond acceptors (Lipinski definition) is 2. The van der Waals surface area contributed by atoms with Gasteiger partial charge >= 0.3 is 0 Å². The number of aryl methyl sites for hydroxylation is 3. The molecule has 108 valence electrons. The molecule has 4 heteroatoms. The van der Waals surface area contributed by atoms with E-state index in [4.69, 9.17) is 4.99 Å². The van der Waals surface area contributed by atoms with Crippen LogP contribution in [0.5, 0.6) is 0 Å². The largest absolute Gasteiger partial charge is 0.361 e. The lowest BCUT2D eigenvalue weighted by Crippen LogP contribution is -2.29. The second kappa shape index (κ2) is 5.65. The van der Waals surface area contributed by atoms with E-state index in [1.54, 1.807) is 4.90 Å². The number of carbonyl (C=O) groups excluding carboxylic acids is 1. The molecule has 1 saturated heterocycles. The minimum absolute atomic E-state index is 0.135. The maximum atomic E-state index is 12.0. The molecular weight excluding hydrogens is 250 g/mol. The molecular formula is C16H23N3O. The van der Waals surface area contributed by atoms with Gasteiger partial charge in [0.05, 0.1) is 12.1 Å². The Hall–Kier alpha value is -1.84. The van der Waals surface area contributed by atoms with Crippen molar-refractivity contribution in [3.63, 3.8) is 0 Å². The first-order chi connectivity index (χ1) is 9.38. The van der Waals surface area contributed by atoms with Gasteiger partial charge in [-0.15, -0.1) is 0 Å². The predicted molar refractivity (Wildman–Crippen MR) is 82.6 cm³/mol. The van der Waals surface area contributed by atoms with Gasteiger partial charge in [0.15, 0.2) is 0 Å². The molecule has 1 amide bonds. The number of benzene rings is 1. The number of amides is 1. The van der Waals surface area contributed by atoms with Crippen LogP contribution in [0.15, 0.2) is 17.1 Å². The third-order valence-corrected chi connectivity index (χ3v) is 3.82. The van der Waals surface area contributed by atoms with Gasteiger partial charge in [-0.25, -0.2) is 4.99 Å². The molecule has 0 unspecified atom stereocenters. The fourth-order valence-corrected chi connectivity index (χ4v) is 2.56. The second-order valence-electron chi connectivity index (χ2n) is 5.69. The molecule has 1 aliphatic rings. The van der Waals surface area contributed by atoms with Crippen molar-refractivity contribution in [2.45, 2.75) is 27.2 Å². The Labute approximate surface area is 121 Å². The summed E-state index contributed by atoms with van der Waals surface area (Å²) in [6, 6.07) is 4.27. The third-order valence-electron chi connectivity index (χ3n) is 3.82. The lowest BCUT2D eigenvalue weighted by molar-refractivity contribution is -0.128. The fraction of sp³-hybridized carbons (Fsp3) is 0.500. The van der Waals surface area contributed by atoms with Crippen molar-refractivity contribution in [3.05, 3.63) is 28.8 Å². The van der Waals surface area contributed by atoms with Crippen molar-refractivity contribution in [3.8, 4) is 0 Å². The third kappa shape index (κ3) is 3.00. The minimum Gasteiger partial charge on any atom is -0.361 e. The summed E-state index contributed by atoms with van der Waals surface area (Å²) in [6.45, 7) is 7.81. The normalized spacial score (nSPS) is 18.6. The number of hydrogen-bond donors (Lipinski definition) is 0. The number of carbonyl (C=O) groups is 1. The zero-order valence-electron chi connectivity index (χ0n) is 13.0. The predicted octanol–water partition coefficient (Wildman–Crippen LogP) is 2.44. The fourth-order valence-electron chi connectivity index (χ4n) is 2.56. The maximum absolute atomic E-state index is 12.0. The van der Waals surface area contributed by atoms with Crippen molar-refractivity contribution in [1.82, 2.24) is 9.80 Å². The van der Waals surface area contributed by atoms with Crippen LogP contribution in [0, 0.1) is 20.8 Å². The minimum atomic E-state index is 0.135. The Morgan fingerprint density at radius 3 is 2.15 bits per heavy atom. The molecule has 1 heterocycles. The van der Waals surface area contributed by atoms with E-state index < -0.39 is 0 Å². The molecule has 0 atom stereocenters. The van der Waals surface area contributed by atoms with E-state index >= 15 is 0 Å². The van der Waals surface area contributed by atoms with Crippen LogP contribution in [-0.4, -0.2) is 48.7 Å². The van der Waals surface area contributed by atoms with Gasteiger partial charge in [-0.3, -0.25) is 4.79 Å². The van der Waals surface area contributed by atoms with Crippen LogP contribution in [0.1, 0.15) is 23.1 Å². The van der Waals surface area contributed by atoms with Crippen LogP contribution in [0.25, 0.3) is 0 Å². The van der Waals surface area contributed by atoms with Gasteiger partial charge in [-0.05, 0) is 31.9 Å². The second-order valence-corrected chi connectivity index (χ2v) is 5.69. The van der Waals surface area contributed by atoms with Gasteiger partial charge < -0.3 is 9.80 Å². The highest BCUT2D eigenvalue weighted by Crippen LogP contribution is 2.26. The number of amidine groups is 1. The molecule has 4 nitrogen and oxygen atoms in total. The summed E-state index contributed by atoms with van der Waals surface area (Å²) in [5, 5.41) is 0. The summed E-state index contributed by atoms with van der Waals surface area (Å²) in [5.74, 6) is 0.991. The van der Waals surface area contributed by atoms with E-state index in [9.17, 15) is 4.79 Å². The van der Waals surface area contributed by atoms with Crippen molar-refractivity contribution in [2.75, 3.05) is 27.2 Å². The monoisotopic (exact) mass is 273 g/mol. The molecule has 0 saturated carbocycles. The molecule has 1 aliphatic heterocycles. The van der Waals surface area contributed by atoms with Crippen molar-refractivity contribution in [2.24, 2.45) is 4.99 Å². The lowest BCUT2D eigenvalue weighted by atomic mass is 10.1. The quantitative estimate of drug-likeness (QED) is 0.788. The average Bonchev–Trinajstić information content (AvgIpc) is 2.48. The first-order valence-corrected chi connectivity index (χ1v) is 6.99. The molecule has 0 bridgehead atoms. The molecule has 1 aromatic rings. The molecule has 0 aromatic heterocycles. The molecule has 0 spiro atoms. The SMILES string of the molecule is Cc1cc(C)c(N=C2CC(=O)N(C)CCN2C)c(C)c1. The summed E-state index contributed by atoms with van der Waals surface area (Å²) in [6.07, 6.45) is 0.375. The Balaban J connectivity index is 2.41. The molecule has 0 N–H and O–H groups in total. The zero-order chi connectivity index (χ0) is 14.9. The van der Waals surface area contributed by atoms with Gasteiger partial charge in [0.1, 0.15) is 5.84 Å². The van der Waals surface area contributed by atoms with E-state index in [1.165, 1.54) is 5.56 Å². The number of likely N-dealkylation sites (N-methyl/N-ethyl adjacent to an activating group) is 2. The Bertz CT molecular complexity index is 540. The first kappa shape index (κ1) is 14.6. The highest BCUT2D eigenvalue weighted by molar-refractivity contribution is 6.01. The molecule has 2 rings (SSSR count). The molecule has 0 aliphatic carbocycles. The summed E-state index contributed by atoms with van der Waals surface area (Å²) in [7, 11) is 3.85. The number of rotatable bonds is 1. The van der Waals surface area contributed by atoms with Gasteiger partial charge in [0.2, 0.25) is 5.91 Å². The van der Waals surface area contributed by atoms with Gasteiger partial charge in [-0.1, -0.05) is 17.7 Å². The lowest BCUT2D eigenvalue weighted by Gasteiger charge is -2.18. The maximum Gasteiger partial charge on any atom is 0.229 e. The number of nitrogens with zero attached hydrogens (tertiary/aromatic N) is 3. The van der Waals surface area contributed by atoms with E-state index in [2.05, 4.69) is 37.8 Å². The van der Waals surface area contributed by atoms with Crippen LogP contribution in [0.2, 0.25) is 0 Å². The standard InChI is InChI=1S/C16H23N3O/c1-11-8-12(2)16(13(3)9-11)17-14-10-15(20)19(5)7-6-18(14)4/h8-9H,6-7,10H2,1-5H3. The van der Waals surface area contributed by atoms with Crippen LogP contribution in [0.4, 0.5) is 5.69 Å². The summed E-state index contributed by atoms with van der Waals surface area (Å²) >= 11 is 0. The average molecular weight is 273 g/mol. The summed E-state index contributed by atoms with van der Waals surface area (Å²) in [4.78, 5) is 20.6. The zero-order valence-corrected chi connectivity index (χ0v) is 13.0. The number of aliphatic imine (C=N–C) groups is 1. The van der Waals surface area contributed by atoms with Crippen molar-refractivity contribution in [1.29, 1.82) is 0 Å². The van der Waals surface area contributed by atoms with Crippen LogP contribution < -0.4 is 0 Å². The van der Waals surface area contributed by atoms with Crippen molar-refractivity contribution < 1.29 is 4.79 Å². The van der Waals surface area contributed by atoms with E-state index in [0.29, 0.717) is 6.42 Å². The molecule has 0 radical (unpaired) electrons. The Kier molecular flexibility index (Phi) is 4.12. The highest BCUT2D eigenvalue weighted by Gasteiger charge is 2.21. The summed E-state index contributed by atoms with van der Waals surface area (Å²) in [5.41, 5.74) is 4.56. The molecule has 20 heavy (non-hydrogen) atoms. The smallest absolute Gasteiger partial charge is 0.229 e.